The summed E-state index contributed by atoms with van der Waals surface area (Å²) in [6, 6.07) is 6.99. The van der Waals surface area contributed by atoms with Crippen LogP contribution in [0.25, 0.3) is 0 Å². The SMILES string of the molecule is COC(=O)[C@H](CCCCNN)NS(=O)(=O)c1ccccc1. The van der Waals surface area contributed by atoms with Gasteiger partial charge in [-0.15, -0.1) is 0 Å². The highest BCUT2D eigenvalue weighted by Gasteiger charge is 2.25. The normalized spacial score (nSPS) is 12.9. The Balaban J connectivity index is 2.74. The van der Waals surface area contributed by atoms with Crippen LogP contribution in [0.15, 0.2) is 35.2 Å². The van der Waals surface area contributed by atoms with Gasteiger partial charge in [-0.25, -0.2) is 8.42 Å². The lowest BCUT2D eigenvalue weighted by atomic mass is 10.1. The Hall–Kier alpha value is -1.48. The molecular weight excluding hydrogens is 294 g/mol. The fourth-order valence-electron chi connectivity index (χ4n) is 1.80. The molecule has 7 nitrogen and oxygen atoms in total. The molecule has 8 heteroatoms. The lowest BCUT2D eigenvalue weighted by Crippen LogP contribution is -2.41. The summed E-state index contributed by atoms with van der Waals surface area (Å²) in [5, 5.41) is 0. The van der Waals surface area contributed by atoms with E-state index < -0.39 is 22.0 Å². The molecule has 0 saturated carbocycles. The minimum absolute atomic E-state index is 0.113. The van der Waals surface area contributed by atoms with Gasteiger partial charge in [0.25, 0.3) is 0 Å². The van der Waals surface area contributed by atoms with Crippen LogP contribution in [-0.2, 0) is 19.6 Å². The maximum atomic E-state index is 12.2. The summed E-state index contributed by atoms with van der Waals surface area (Å²) >= 11 is 0. The fourth-order valence-corrected chi connectivity index (χ4v) is 3.04. The number of methoxy groups -OCH3 is 1. The Bertz CT molecular complexity index is 534. The molecule has 0 aromatic heterocycles. The van der Waals surface area contributed by atoms with Crippen LogP contribution in [0.4, 0.5) is 0 Å². The number of benzene rings is 1. The zero-order chi connectivity index (χ0) is 15.7. The molecule has 0 heterocycles. The molecule has 0 saturated heterocycles. The molecule has 4 N–H and O–H groups in total. The highest BCUT2D eigenvalue weighted by molar-refractivity contribution is 7.89. The van der Waals surface area contributed by atoms with Gasteiger partial charge in [-0.1, -0.05) is 18.2 Å². The van der Waals surface area contributed by atoms with Crippen molar-refractivity contribution in [1.29, 1.82) is 0 Å². The molecule has 0 aliphatic rings. The molecule has 0 aliphatic heterocycles. The van der Waals surface area contributed by atoms with Gasteiger partial charge >= 0.3 is 5.97 Å². The average molecular weight is 315 g/mol. The van der Waals surface area contributed by atoms with Crippen molar-refractivity contribution in [2.24, 2.45) is 5.84 Å². The van der Waals surface area contributed by atoms with Crippen LogP contribution in [0.5, 0.6) is 0 Å². The minimum Gasteiger partial charge on any atom is -0.468 e. The van der Waals surface area contributed by atoms with Crippen LogP contribution < -0.4 is 16.0 Å². The van der Waals surface area contributed by atoms with Gasteiger partial charge in [-0.3, -0.25) is 16.1 Å². The van der Waals surface area contributed by atoms with E-state index in [1.807, 2.05) is 0 Å². The quantitative estimate of drug-likeness (QED) is 0.259. The second kappa shape index (κ2) is 8.73. The largest absolute Gasteiger partial charge is 0.468 e. The van der Waals surface area contributed by atoms with E-state index in [0.717, 1.165) is 6.42 Å². The molecule has 0 fully saturated rings. The van der Waals surface area contributed by atoms with Gasteiger partial charge in [-0.05, 0) is 31.4 Å². The van der Waals surface area contributed by atoms with Gasteiger partial charge in [0.2, 0.25) is 10.0 Å². The van der Waals surface area contributed by atoms with Crippen LogP contribution in [0, 0.1) is 0 Å². The van der Waals surface area contributed by atoms with Gasteiger partial charge in [0.05, 0.1) is 12.0 Å². The standard InChI is InChI=1S/C13H21N3O4S/c1-20-13(17)12(9-5-6-10-15-14)16-21(18,19)11-7-3-2-4-8-11/h2-4,7-8,12,15-16H,5-6,9-10,14H2,1H3/t12-/m0/s1. The lowest BCUT2D eigenvalue weighted by Gasteiger charge is -2.16. The zero-order valence-corrected chi connectivity index (χ0v) is 12.7. The van der Waals surface area contributed by atoms with Crippen molar-refractivity contribution < 1.29 is 17.9 Å². The third-order valence-electron chi connectivity index (χ3n) is 2.90. The summed E-state index contributed by atoms with van der Waals surface area (Å²) in [5.41, 5.74) is 2.50. The summed E-state index contributed by atoms with van der Waals surface area (Å²) in [6.07, 6.45) is 1.72. The number of nitrogens with one attached hydrogen (secondary N) is 2. The van der Waals surface area contributed by atoms with E-state index in [9.17, 15) is 13.2 Å². The molecule has 1 aromatic rings. The van der Waals surface area contributed by atoms with Crippen LogP contribution in [0.1, 0.15) is 19.3 Å². The number of carbonyl (C=O) groups excluding carboxylic acids is 1. The van der Waals surface area contributed by atoms with E-state index in [0.29, 0.717) is 19.4 Å². The number of hydrogen-bond donors (Lipinski definition) is 3. The fraction of sp³-hybridized carbons (Fsp3) is 0.462. The third-order valence-corrected chi connectivity index (χ3v) is 4.39. The Kier molecular flexibility index (Phi) is 7.30. The number of rotatable bonds is 9. The molecule has 0 aliphatic carbocycles. The molecule has 118 valence electrons. The first-order chi connectivity index (χ1) is 10.0. The predicted octanol–water partition coefficient (Wildman–Crippen LogP) is 0.140. The highest BCUT2D eigenvalue weighted by Crippen LogP contribution is 2.11. The molecule has 1 rings (SSSR count). The summed E-state index contributed by atoms with van der Waals surface area (Å²) in [7, 11) is -2.52. The zero-order valence-electron chi connectivity index (χ0n) is 11.9. The van der Waals surface area contributed by atoms with Gasteiger partial charge in [0, 0.05) is 6.54 Å². The van der Waals surface area contributed by atoms with Crippen molar-refractivity contribution in [3.05, 3.63) is 30.3 Å². The van der Waals surface area contributed by atoms with Crippen molar-refractivity contribution >= 4 is 16.0 Å². The number of carbonyl (C=O) groups is 1. The van der Waals surface area contributed by atoms with Crippen molar-refractivity contribution in [3.63, 3.8) is 0 Å². The monoisotopic (exact) mass is 315 g/mol. The van der Waals surface area contributed by atoms with Crippen molar-refractivity contribution in [2.75, 3.05) is 13.7 Å². The van der Waals surface area contributed by atoms with Gasteiger partial charge in [0.15, 0.2) is 0 Å². The van der Waals surface area contributed by atoms with Crippen LogP contribution in [0.2, 0.25) is 0 Å². The molecule has 1 atom stereocenters. The highest BCUT2D eigenvalue weighted by atomic mass is 32.2. The Morgan fingerprint density at radius 3 is 2.52 bits per heavy atom. The van der Waals surface area contributed by atoms with E-state index >= 15 is 0 Å². The number of unbranched alkanes of at least 4 members (excludes halogenated alkanes) is 1. The number of hydrogen-bond acceptors (Lipinski definition) is 6. The molecule has 0 radical (unpaired) electrons. The van der Waals surface area contributed by atoms with Crippen LogP contribution in [0.3, 0.4) is 0 Å². The second-order valence-corrected chi connectivity index (χ2v) is 6.17. The summed E-state index contributed by atoms with van der Waals surface area (Å²) in [5.74, 6) is 4.55. The molecule has 0 spiro atoms. The third kappa shape index (κ3) is 5.80. The first-order valence-corrected chi connectivity index (χ1v) is 8.08. The van der Waals surface area contributed by atoms with Gasteiger partial charge in [-0.2, -0.15) is 4.72 Å². The summed E-state index contributed by atoms with van der Waals surface area (Å²) in [6.45, 7) is 0.597. The molecular formula is C13H21N3O4S. The average Bonchev–Trinajstić information content (AvgIpc) is 2.50. The second-order valence-electron chi connectivity index (χ2n) is 4.46. The van der Waals surface area contributed by atoms with Gasteiger partial charge < -0.3 is 4.74 Å². The number of ether oxygens (including phenoxy) is 1. The van der Waals surface area contributed by atoms with E-state index in [4.69, 9.17) is 5.84 Å². The lowest BCUT2D eigenvalue weighted by molar-refractivity contribution is -0.142. The van der Waals surface area contributed by atoms with Gasteiger partial charge in [0.1, 0.15) is 6.04 Å². The number of sulfonamides is 1. The Labute approximate surface area is 124 Å². The molecule has 0 unspecified atom stereocenters. The molecule has 1 aromatic carbocycles. The Morgan fingerprint density at radius 1 is 1.29 bits per heavy atom. The van der Waals surface area contributed by atoms with Crippen LogP contribution in [-0.4, -0.2) is 34.1 Å². The van der Waals surface area contributed by atoms with Crippen molar-refractivity contribution in [1.82, 2.24) is 10.1 Å². The van der Waals surface area contributed by atoms with E-state index in [2.05, 4.69) is 14.9 Å². The number of hydrazine groups is 1. The maximum absolute atomic E-state index is 12.2. The molecule has 0 bridgehead atoms. The smallest absolute Gasteiger partial charge is 0.323 e. The van der Waals surface area contributed by atoms with E-state index in [1.165, 1.54) is 19.2 Å². The summed E-state index contributed by atoms with van der Waals surface area (Å²) < 4.78 is 31.4. The number of esters is 1. The summed E-state index contributed by atoms with van der Waals surface area (Å²) in [4.78, 5) is 11.8. The van der Waals surface area contributed by atoms with E-state index in [-0.39, 0.29) is 4.90 Å². The van der Waals surface area contributed by atoms with Crippen molar-refractivity contribution in [3.8, 4) is 0 Å². The molecule has 0 amide bonds. The predicted molar refractivity (Wildman–Crippen MR) is 78.6 cm³/mol. The minimum atomic E-state index is -3.75. The number of nitrogens with two attached hydrogens (primary N) is 1. The first-order valence-electron chi connectivity index (χ1n) is 6.60. The molecule has 21 heavy (non-hydrogen) atoms. The van der Waals surface area contributed by atoms with Crippen molar-refractivity contribution in [2.45, 2.75) is 30.2 Å². The van der Waals surface area contributed by atoms with Crippen LogP contribution >= 0.6 is 0 Å². The topological polar surface area (TPSA) is 111 Å². The maximum Gasteiger partial charge on any atom is 0.323 e. The van der Waals surface area contributed by atoms with E-state index in [1.54, 1.807) is 18.2 Å². The Morgan fingerprint density at radius 2 is 1.95 bits per heavy atom. The first kappa shape index (κ1) is 17.6.